The molecular weight excluding hydrogens is 532 g/mol. The summed E-state index contributed by atoms with van der Waals surface area (Å²) in [6, 6.07) is 15.6. The molecular formula is C28H32N6O3S2. The standard InChI is InChI=1S/C28H32N6O3S2/c1-20-17-22(19-29-31-28-30-24-7-3-4-8-27(24)38-28)21(2)34(20)26-18-23(9-10-25(26)32-11-5-6-12-32)39(35,36)33-13-15-37-16-14-33/h3-4,7-10,17-19H,5-6,11-16H2,1-2H3,(H,30,31). The van der Waals surface area contributed by atoms with Gasteiger partial charge in [-0.05, 0) is 63.1 Å². The van der Waals surface area contributed by atoms with Crippen LogP contribution in [0.1, 0.15) is 29.8 Å². The molecule has 0 saturated carbocycles. The van der Waals surface area contributed by atoms with Gasteiger partial charge < -0.3 is 14.2 Å². The van der Waals surface area contributed by atoms with Crippen molar-refractivity contribution in [3.8, 4) is 5.69 Å². The van der Waals surface area contributed by atoms with Gasteiger partial charge in [0.05, 0.1) is 45.9 Å². The Morgan fingerprint density at radius 3 is 2.54 bits per heavy atom. The van der Waals surface area contributed by atoms with Gasteiger partial charge in [-0.1, -0.05) is 23.5 Å². The lowest BCUT2D eigenvalue weighted by atomic mass is 10.2. The predicted molar refractivity (Wildman–Crippen MR) is 157 cm³/mol. The Hall–Kier alpha value is -3.25. The molecule has 2 aliphatic heterocycles. The molecule has 9 nitrogen and oxygen atoms in total. The number of para-hydroxylation sites is 1. The summed E-state index contributed by atoms with van der Waals surface area (Å²) < 4.78 is 37.2. The molecule has 204 valence electrons. The van der Waals surface area contributed by atoms with E-state index in [0.717, 1.165) is 69.6 Å². The molecule has 39 heavy (non-hydrogen) atoms. The maximum absolute atomic E-state index is 13.5. The van der Waals surface area contributed by atoms with E-state index >= 15 is 0 Å². The molecule has 0 unspecified atom stereocenters. The van der Waals surface area contributed by atoms with E-state index in [9.17, 15) is 8.42 Å². The number of aromatic nitrogens is 2. The van der Waals surface area contributed by atoms with Crippen LogP contribution >= 0.6 is 11.3 Å². The van der Waals surface area contributed by atoms with E-state index < -0.39 is 10.0 Å². The number of morpholine rings is 1. The topological polar surface area (TPSA) is 92.1 Å². The van der Waals surface area contributed by atoms with Crippen molar-refractivity contribution in [3.05, 3.63) is 65.5 Å². The smallest absolute Gasteiger partial charge is 0.243 e. The van der Waals surface area contributed by atoms with Crippen molar-refractivity contribution in [1.29, 1.82) is 0 Å². The van der Waals surface area contributed by atoms with Crippen molar-refractivity contribution < 1.29 is 13.2 Å². The molecule has 4 heterocycles. The van der Waals surface area contributed by atoms with Gasteiger partial charge in [0.25, 0.3) is 0 Å². The lowest BCUT2D eigenvalue weighted by Gasteiger charge is -2.28. The fraction of sp³-hybridized carbons (Fsp3) is 0.357. The van der Waals surface area contributed by atoms with Crippen LogP contribution in [0.25, 0.3) is 15.9 Å². The summed E-state index contributed by atoms with van der Waals surface area (Å²) in [4.78, 5) is 7.23. The quantitative estimate of drug-likeness (QED) is 0.257. The highest BCUT2D eigenvalue weighted by Crippen LogP contribution is 2.34. The number of sulfonamides is 1. The van der Waals surface area contributed by atoms with Crippen LogP contribution in [0.2, 0.25) is 0 Å². The van der Waals surface area contributed by atoms with Crippen molar-refractivity contribution in [3.63, 3.8) is 0 Å². The first-order chi connectivity index (χ1) is 18.9. The number of thiazole rings is 1. The molecule has 2 aliphatic rings. The number of benzene rings is 2. The normalized spacial score (nSPS) is 17.0. The largest absolute Gasteiger partial charge is 0.379 e. The van der Waals surface area contributed by atoms with Crippen molar-refractivity contribution in [2.75, 3.05) is 49.7 Å². The summed E-state index contributed by atoms with van der Waals surface area (Å²) >= 11 is 1.56. The van der Waals surface area contributed by atoms with E-state index in [4.69, 9.17) is 4.74 Å². The van der Waals surface area contributed by atoms with Gasteiger partial charge in [-0.25, -0.2) is 13.4 Å². The average molecular weight is 565 g/mol. The lowest BCUT2D eigenvalue weighted by molar-refractivity contribution is 0.0730. The fourth-order valence-electron chi connectivity index (χ4n) is 5.37. The summed E-state index contributed by atoms with van der Waals surface area (Å²) in [6.45, 7) is 7.59. The zero-order valence-electron chi connectivity index (χ0n) is 22.1. The number of hydrazone groups is 1. The molecule has 6 rings (SSSR count). The summed E-state index contributed by atoms with van der Waals surface area (Å²) in [6.07, 6.45) is 4.06. The second kappa shape index (κ2) is 10.7. The monoisotopic (exact) mass is 564 g/mol. The van der Waals surface area contributed by atoms with Crippen LogP contribution in [-0.4, -0.2) is 67.9 Å². The summed E-state index contributed by atoms with van der Waals surface area (Å²) in [5.41, 5.74) is 8.88. The van der Waals surface area contributed by atoms with Gasteiger partial charge in [-0.2, -0.15) is 9.41 Å². The van der Waals surface area contributed by atoms with Crippen LogP contribution < -0.4 is 10.3 Å². The van der Waals surface area contributed by atoms with Crippen LogP contribution in [0, 0.1) is 13.8 Å². The number of nitrogens with one attached hydrogen (secondary N) is 1. The summed E-state index contributed by atoms with van der Waals surface area (Å²) in [7, 11) is -3.63. The maximum Gasteiger partial charge on any atom is 0.243 e. The molecule has 11 heteroatoms. The molecule has 0 radical (unpaired) electrons. The Kier molecular flexibility index (Phi) is 7.15. The van der Waals surface area contributed by atoms with Gasteiger partial charge in [0.2, 0.25) is 15.2 Å². The fourth-order valence-corrected chi connectivity index (χ4v) is 7.61. The third kappa shape index (κ3) is 5.07. The lowest BCUT2D eigenvalue weighted by Crippen LogP contribution is -2.40. The molecule has 2 aromatic carbocycles. The second-order valence-electron chi connectivity index (χ2n) is 9.88. The minimum absolute atomic E-state index is 0.308. The third-order valence-corrected chi connectivity index (χ3v) is 10.2. The van der Waals surface area contributed by atoms with E-state index in [1.54, 1.807) is 23.6 Å². The van der Waals surface area contributed by atoms with Gasteiger partial charge in [0.15, 0.2) is 0 Å². The highest BCUT2D eigenvalue weighted by Gasteiger charge is 2.28. The molecule has 0 spiro atoms. The number of ether oxygens (including phenoxy) is 1. The first kappa shape index (κ1) is 26.0. The van der Waals surface area contributed by atoms with Gasteiger partial charge in [-0.15, -0.1) is 0 Å². The molecule has 2 aromatic heterocycles. The average Bonchev–Trinajstić information content (AvgIpc) is 3.68. The Morgan fingerprint density at radius 1 is 1.00 bits per heavy atom. The molecule has 0 aliphatic carbocycles. The molecule has 2 fully saturated rings. The number of hydrogen-bond acceptors (Lipinski definition) is 8. The predicted octanol–water partition coefficient (Wildman–Crippen LogP) is 4.77. The molecule has 0 bridgehead atoms. The highest BCUT2D eigenvalue weighted by molar-refractivity contribution is 7.89. The van der Waals surface area contributed by atoms with Crippen LogP contribution in [0.3, 0.4) is 0 Å². The molecule has 4 aromatic rings. The van der Waals surface area contributed by atoms with E-state index in [1.807, 2.05) is 50.2 Å². The van der Waals surface area contributed by atoms with Gasteiger partial charge >= 0.3 is 0 Å². The van der Waals surface area contributed by atoms with Gasteiger partial charge in [-0.3, -0.25) is 5.43 Å². The maximum atomic E-state index is 13.5. The first-order valence-electron chi connectivity index (χ1n) is 13.2. The minimum Gasteiger partial charge on any atom is -0.379 e. The Labute approximate surface area is 232 Å². The van der Waals surface area contributed by atoms with Crippen molar-refractivity contribution in [2.45, 2.75) is 31.6 Å². The van der Waals surface area contributed by atoms with E-state index in [-0.39, 0.29) is 0 Å². The third-order valence-electron chi connectivity index (χ3n) is 7.37. The van der Waals surface area contributed by atoms with Crippen LogP contribution in [-0.2, 0) is 14.8 Å². The molecule has 0 atom stereocenters. The number of nitrogens with zero attached hydrogens (tertiary/aromatic N) is 5. The SMILES string of the molecule is Cc1cc(C=NNc2nc3ccccc3s2)c(C)n1-c1cc(S(=O)(=O)N2CCOCC2)ccc1N1CCCC1. The van der Waals surface area contributed by atoms with E-state index in [1.165, 1.54) is 4.31 Å². The highest BCUT2D eigenvalue weighted by atomic mass is 32.2. The number of aryl methyl sites for hydroxylation is 1. The van der Waals surface area contributed by atoms with E-state index in [0.29, 0.717) is 31.2 Å². The van der Waals surface area contributed by atoms with Crippen LogP contribution in [0.15, 0.2) is 58.5 Å². The van der Waals surface area contributed by atoms with E-state index in [2.05, 4.69) is 31.0 Å². The molecule has 1 N–H and O–H groups in total. The van der Waals surface area contributed by atoms with Crippen LogP contribution in [0.4, 0.5) is 10.8 Å². The molecule has 2 saturated heterocycles. The number of rotatable bonds is 7. The number of fused-ring (bicyclic) bond motifs is 1. The van der Waals surface area contributed by atoms with Gasteiger partial charge in [0, 0.05) is 43.1 Å². The number of hydrogen-bond donors (Lipinski definition) is 1. The number of anilines is 2. The minimum atomic E-state index is -3.63. The van der Waals surface area contributed by atoms with Crippen LogP contribution in [0.5, 0.6) is 0 Å². The van der Waals surface area contributed by atoms with Crippen molar-refractivity contribution >= 4 is 48.6 Å². The van der Waals surface area contributed by atoms with Crippen molar-refractivity contribution in [1.82, 2.24) is 13.9 Å². The zero-order chi connectivity index (χ0) is 27.0. The Balaban J connectivity index is 1.35. The molecule has 0 amide bonds. The Morgan fingerprint density at radius 2 is 1.77 bits per heavy atom. The second-order valence-corrected chi connectivity index (χ2v) is 12.8. The Bertz CT molecular complexity index is 1600. The van der Waals surface area contributed by atoms with Crippen molar-refractivity contribution in [2.24, 2.45) is 5.10 Å². The van der Waals surface area contributed by atoms with Gasteiger partial charge in [0.1, 0.15) is 0 Å². The summed E-state index contributed by atoms with van der Waals surface area (Å²) in [5.74, 6) is 0. The summed E-state index contributed by atoms with van der Waals surface area (Å²) in [5, 5.41) is 5.20. The first-order valence-corrected chi connectivity index (χ1v) is 15.5. The zero-order valence-corrected chi connectivity index (χ0v) is 23.8.